The number of likely N-dealkylation sites (N-methyl/N-ethyl adjacent to an activating group) is 1. The van der Waals surface area contributed by atoms with Gasteiger partial charge in [0.2, 0.25) is 29.3 Å². The minimum absolute atomic E-state index is 0.0338. The number of carbonyl (C=O) groups is 4. The second-order valence-electron chi connectivity index (χ2n) is 20.6. The minimum atomic E-state index is -4.49. The standard InChI is InChI=1S/C55H70N8O11S2/c1-37-30-38(32-39(31-37)63(68)69)36-62-46-26-24-41(76(72,73)74)34-43(46)55(4,5)49(62)21-12-9-7-8-11-20-48-54(2,3)42-33-40(75(70)71)23-25-45(42)61(48)29-16-10-13-22-50(64)57-27-15-14-18-44(52(56)66)59-51(65)35-58-53(67)47-19-17-28-60(47)6/h7-9,11-12,20-21,23-26,30-34,44,47H,10,13-19,22,27-29,35-36H2,1-6H3,(H6-,56,57,58,59,64,65,66,67,70,71,72,73,74)/p+1. The molecule has 0 aliphatic carbocycles. The van der Waals surface area contributed by atoms with E-state index in [1.807, 2.05) is 85.0 Å². The Bertz CT molecular complexity index is 3020. The SMILES string of the molecule is Cc1cc(C[N+]2=C(/C=C/C=C/C=C/C=C3/N(CCCCCC(=O)NCCCCC(NC(=O)CNC(=O)C4CCCN4C)C(N)=O)c4ccc(S(=O)O)cc4C3(C)C)C(C)(C)c3cc(S(=O)(=O)O)ccc32)cc([N+](=O)[O-])c1. The lowest BCUT2D eigenvalue weighted by Gasteiger charge is -2.27. The Kier molecular flexibility index (Phi) is 19.6. The molecule has 3 aliphatic heterocycles. The zero-order valence-corrected chi connectivity index (χ0v) is 45.7. The van der Waals surface area contributed by atoms with Crippen LogP contribution < -0.4 is 26.6 Å². The molecule has 3 aromatic carbocycles. The van der Waals surface area contributed by atoms with E-state index in [1.165, 1.54) is 24.3 Å². The van der Waals surface area contributed by atoms with E-state index < -0.39 is 54.8 Å². The molecule has 76 heavy (non-hydrogen) atoms. The zero-order valence-electron chi connectivity index (χ0n) is 44.0. The first kappa shape index (κ1) is 58.6. The molecule has 3 heterocycles. The summed E-state index contributed by atoms with van der Waals surface area (Å²) < 4.78 is 58.3. The van der Waals surface area contributed by atoms with Crippen LogP contribution in [0.5, 0.6) is 0 Å². The summed E-state index contributed by atoms with van der Waals surface area (Å²) in [7, 11) is -2.62. The van der Waals surface area contributed by atoms with E-state index in [0.717, 1.165) is 60.5 Å². The monoisotopic (exact) mass is 1080 g/mol. The molecule has 1 fully saturated rings. The molecule has 0 saturated carbocycles. The van der Waals surface area contributed by atoms with Gasteiger partial charge < -0.3 is 31.1 Å². The lowest BCUT2D eigenvalue weighted by atomic mass is 9.81. The van der Waals surface area contributed by atoms with Crippen molar-refractivity contribution in [3.63, 3.8) is 0 Å². The van der Waals surface area contributed by atoms with Gasteiger partial charge in [0.05, 0.1) is 32.7 Å². The van der Waals surface area contributed by atoms with Crippen LogP contribution in [0.4, 0.5) is 17.1 Å². The summed E-state index contributed by atoms with van der Waals surface area (Å²) in [4.78, 5) is 65.2. The molecule has 4 amide bonds. The molecule has 3 aromatic rings. The minimum Gasteiger partial charge on any atom is -0.368 e. The second-order valence-corrected chi connectivity index (χ2v) is 23.0. The molecule has 7 N–H and O–H groups in total. The molecule has 408 valence electrons. The number of benzene rings is 3. The number of nitrogens with two attached hydrogens (primary N) is 1. The maximum atomic E-state index is 12.8. The van der Waals surface area contributed by atoms with Gasteiger partial charge in [-0.2, -0.15) is 13.0 Å². The number of likely N-dealkylation sites (tertiary alicyclic amines) is 1. The third-order valence-electron chi connectivity index (χ3n) is 14.3. The number of nitro groups is 1. The van der Waals surface area contributed by atoms with Gasteiger partial charge in [-0.3, -0.25) is 38.7 Å². The Hall–Kier alpha value is -6.65. The number of non-ortho nitro benzene ring substituents is 1. The van der Waals surface area contributed by atoms with Gasteiger partial charge in [0.15, 0.2) is 23.3 Å². The molecule has 0 bridgehead atoms. The maximum Gasteiger partial charge on any atom is 0.294 e. The van der Waals surface area contributed by atoms with Gasteiger partial charge in [-0.15, -0.1) is 0 Å². The number of hydrogen-bond donors (Lipinski definition) is 6. The quantitative estimate of drug-likeness (QED) is 0.00984. The fraction of sp³-hybridized carbons (Fsp3) is 0.436. The number of nitro benzene ring substituents is 1. The van der Waals surface area contributed by atoms with Crippen LogP contribution in [0.3, 0.4) is 0 Å². The number of rotatable bonds is 25. The van der Waals surface area contributed by atoms with Crippen molar-refractivity contribution >= 4 is 67.6 Å². The highest BCUT2D eigenvalue weighted by atomic mass is 32.2. The van der Waals surface area contributed by atoms with E-state index in [-0.39, 0.29) is 41.5 Å². The number of unbranched alkanes of at least 4 members (excludes halogenated alkanes) is 3. The van der Waals surface area contributed by atoms with Gasteiger partial charge in [-0.1, -0.05) is 50.6 Å². The number of nitrogens with one attached hydrogen (secondary N) is 3. The Morgan fingerprint density at radius 2 is 1.66 bits per heavy atom. The number of primary amides is 1. The first-order valence-electron chi connectivity index (χ1n) is 25.5. The molecular weight excluding hydrogens is 1010 g/mol. The summed E-state index contributed by atoms with van der Waals surface area (Å²) in [6, 6.07) is 13.5. The summed E-state index contributed by atoms with van der Waals surface area (Å²) in [6.07, 6.45) is 18.9. The van der Waals surface area contributed by atoms with Gasteiger partial charge in [-0.05, 0) is 133 Å². The van der Waals surface area contributed by atoms with Crippen LogP contribution in [0.2, 0.25) is 0 Å². The summed E-state index contributed by atoms with van der Waals surface area (Å²) in [6.45, 7) is 11.7. The van der Waals surface area contributed by atoms with Crippen LogP contribution in [0.1, 0.15) is 108 Å². The van der Waals surface area contributed by atoms with E-state index in [9.17, 15) is 51.0 Å². The Morgan fingerprint density at radius 1 is 0.921 bits per heavy atom. The number of aryl methyl sites for hydroxylation is 1. The smallest absolute Gasteiger partial charge is 0.294 e. The number of carbonyl (C=O) groups excluding carboxylic acids is 4. The fourth-order valence-corrected chi connectivity index (χ4v) is 11.2. The van der Waals surface area contributed by atoms with Crippen molar-refractivity contribution in [2.75, 3.05) is 38.1 Å². The Balaban J connectivity index is 1.04. The van der Waals surface area contributed by atoms with Gasteiger partial charge in [0.25, 0.3) is 15.8 Å². The highest BCUT2D eigenvalue weighted by molar-refractivity contribution is 7.85. The van der Waals surface area contributed by atoms with Crippen molar-refractivity contribution in [1.82, 2.24) is 20.9 Å². The number of hydrogen-bond acceptors (Lipinski definition) is 11. The molecule has 6 rings (SSSR count). The number of fused-ring (bicyclic) bond motifs is 2. The van der Waals surface area contributed by atoms with E-state index in [1.54, 1.807) is 25.1 Å². The number of allylic oxidation sites excluding steroid dienone is 8. The van der Waals surface area contributed by atoms with Crippen LogP contribution in [0, 0.1) is 17.0 Å². The summed E-state index contributed by atoms with van der Waals surface area (Å²) in [5.41, 5.74) is 10.7. The molecule has 1 saturated heterocycles. The first-order chi connectivity index (χ1) is 35.9. The average molecular weight is 1080 g/mol. The van der Waals surface area contributed by atoms with E-state index in [4.69, 9.17) is 5.73 Å². The first-order valence-corrected chi connectivity index (χ1v) is 28.0. The molecule has 3 aliphatic rings. The Morgan fingerprint density at radius 3 is 2.34 bits per heavy atom. The van der Waals surface area contributed by atoms with Crippen molar-refractivity contribution in [3.8, 4) is 0 Å². The van der Waals surface area contributed by atoms with Crippen LogP contribution in [0.15, 0.2) is 113 Å². The Labute approximate surface area is 447 Å². The van der Waals surface area contributed by atoms with Gasteiger partial charge in [-0.25, -0.2) is 4.21 Å². The summed E-state index contributed by atoms with van der Waals surface area (Å²) >= 11 is -2.17. The molecule has 0 aromatic heterocycles. The summed E-state index contributed by atoms with van der Waals surface area (Å²) in [5, 5.41) is 19.9. The second kappa shape index (κ2) is 25.5. The maximum absolute atomic E-state index is 12.8. The van der Waals surface area contributed by atoms with Crippen molar-refractivity contribution in [2.24, 2.45) is 5.73 Å². The topological polar surface area (TPSA) is 275 Å². The molecular formula is C55H71N8O11S2+. The van der Waals surface area contributed by atoms with Crippen molar-refractivity contribution in [2.45, 2.75) is 132 Å². The molecule has 19 nitrogen and oxygen atoms in total. The molecule has 3 atom stereocenters. The van der Waals surface area contributed by atoms with Gasteiger partial charge in [0.1, 0.15) is 6.04 Å². The molecule has 3 unspecified atom stereocenters. The molecule has 21 heteroatoms. The summed E-state index contributed by atoms with van der Waals surface area (Å²) in [5.74, 6) is -1.49. The van der Waals surface area contributed by atoms with E-state index in [0.29, 0.717) is 66.9 Å². The normalized spacial score (nSPS) is 18.4. The third kappa shape index (κ3) is 14.6. The highest BCUT2D eigenvalue weighted by Crippen LogP contribution is 2.48. The average Bonchev–Trinajstić information content (AvgIpc) is 3.95. The van der Waals surface area contributed by atoms with Crippen molar-refractivity contribution in [3.05, 3.63) is 135 Å². The predicted molar refractivity (Wildman–Crippen MR) is 292 cm³/mol. The van der Waals surface area contributed by atoms with Crippen molar-refractivity contribution in [1.29, 1.82) is 0 Å². The van der Waals surface area contributed by atoms with Gasteiger partial charge >= 0.3 is 0 Å². The van der Waals surface area contributed by atoms with Crippen LogP contribution in [-0.4, -0.2) is 111 Å². The molecule has 0 radical (unpaired) electrons. The fourth-order valence-electron chi connectivity index (χ4n) is 10.3. The van der Waals surface area contributed by atoms with Crippen LogP contribution in [-0.2, 0) is 57.8 Å². The molecule has 0 spiro atoms. The number of anilines is 1. The lowest BCUT2D eigenvalue weighted by Crippen LogP contribution is -2.50. The van der Waals surface area contributed by atoms with E-state index in [2.05, 4.69) is 34.7 Å². The number of amides is 4. The zero-order chi connectivity index (χ0) is 55.5. The largest absolute Gasteiger partial charge is 0.368 e. The van der Waals surface area contributed by atoms with Crippen LogP contribution >= 0.6 is 0 Å². The third-order valence-corrected chi connectivity index (χ3v) is 15.8. The van der Waals surface area contributed by atoms with Crippen molar-refractivity contribution < 1.29 is 50.4 Å². The van der Waals surface area contributed by atoms with Crippen LogP contribution in [0.25, 0.3) is 0 Å². The highest BCUT2D eigenvalue weighted by Gasteiger charge is 2.45. The predicted octanol–water partition coefficient (Wildman–Crippen LogP) is 6.68. The van der Waals surface area contributed by atoms with Gasteiger partial charge in [0, 0.05) is 71.7 Å². The lowest BCUT2D eigenvalue weighted by molar-refractivity contribution is -0.455. The number of nitrogens with zero attached hydrogens (tertiary/aromatic N) is 4. The van der Waals surface area contributed by atoms with E-state index >= 15 is 0 Å².